The third kappa shape index (κ3) is 5.34. The zero-order valence-electron chi connectivity index (χ0n) is 29.6. The molecule has 0 radical (unpaired) electrons. The lowest BCUT2D eigenvalue weighted by atomic mass is 9.91. The van der Waals surface area contributed by atoms with Gasteiger partial charge in [0.1, 0.15) is 0 Å². The fourth-order valence-electron chi connectivity index (χ4n) is 8.01. The van der Waals surface area contributed by atoms with Crippen LogP contribution in [0.25, 0.3) is 55.2 Å². The molecule has 0 saturated heterocycles. The van der Waals surface area contributed by atoms with Gasteiger partial charge in [-0.15, -0.1) is 0 Å². The predicted molar refractivity (Wildman–Crippen MR) is 228 cm³/mol. The number of allylic oxidation sites excluding steroid dienone is 5. The maximum Gasteiger partial charge on any atom is 0.0708 e. The number of fused-ring (bicyclic) bond motifs is 6. The van der Waals surface area contributed by atoms with E-state index in [2.05, 4.69) is 210 Å². The molecule has 0 spiro atoms. The second kappa shape index (κ2) is 13.1. The van der Waals surface area contributed by atoms with Gasteiger partial charge in [-0.05, 0) is 99.3 Å². The molecule has 3 heterocycles. The highest BCUT2D eigenvalue weighted by Crippen LogP contribution is 2.51. The lowest BCUT2D eigenvalue weighted by molar-refractivity contribution is 1.26. The summed E-state index contributed by atoms with van der Waals surface area (Å²) in [6.07, 6.45) is 10.4. The first-order valence-electron chi connectivity index (χ1n) is 18.3. The molecule has 1 aromatic heterocycles. The predicted octanol–water partition coefficient (Wildman–Crippen LogP) is 13.5. The van der Waals surface area contributed by atoms with E-state index in [4.69, 9.17) is 0 Å². The number of nitrogens with zero attached hydrogens (tertiary/aromatic N) is 3. The average Bonchev–Trinajstić information content (AvgIpc) is 3.35. The van der Waals surface area contributed by atoms with Gasteiger partial charge in [-0.25, -0.2) is 0 Å². The minimum Gasteiger partial charge on any atom is -0.316 e. The Morgan fingerprint density at radius 2 is 1.13 bits per heavy atom. The molecular weight excluding hydrogens is 655 g/mol. The normalized spacial score (nSPS) is 14.9. The van der Waals surface area contributed by atoms with Crippen LogP contribution in [0.5, 0.6) is 0 Å². The van der Waals surface area contributed by atoms with Gasteiger partial charge < -0.3 is 9.80 Å². The zero-order chi connectivity index (χ0) is 36.0. The summed E-state index contributed by atoms with van der Waals surface area (Å²) >= 11 is 0. The van der Waals surface area contributed by atoms with E-state index in [1.165, 1.54) is 33.0 Å². The molecule has 0 fully saturated rings. The molecule has 0 unspecified atom stereocenters. The Hall–Kier alpha value is -7.23. The molecule has 8 aromatic rings. The van der Waals surface area contributed by atoms with Gasteiger partial charge in [-0.1, -0.05) is 134 Å². The molecule has 54 heavy (non-hydrogen) atoms. The smallest absolute Gasteiger partial charge is 0.0708 e. The zero-order valence-corrected chi connectivity index (χ0v) is 29.6. The van der Waals surface area contributed by atoms with Gasteiger partial charge in [-0.3, -0.25) is 4.98 Å². The molecule has 0 bridgehead atoms. The van der Waals surface area contributed by atoms with Crippen LogP contribution in [0.15, 0.2) is 213 Å². The highest BCUT2D eigenvalue weighted by atomic mass is 15.2. The van der Waals surface area contributed by atoms with E-state index in [1.807, 2.05) is 12.3 Å². The fraction of sp³-hybridized carbons (Fsp3) is 0. The summed E-state index contributed by atoms with van der Waals surface area (Å²) in [7, 11) is 0. The Kier molecular flexibility index (Phi) is 7.63. The molecule has 10 rings (SSSR count). The van der Waals surface area contributed by atoms with Crippen LogP contribution in [-0.2, 0) is 0 Å². The number of aromatic nitrogens is 1. The van der Waals surface area contributed by atoms with Crippen molar-refractivity contribution in [3.8, 4) is 22.3 Å². The minimum absolute atomic E-state index is 0.957. The lowest BCUT2D eigenvalue weighted by Crippen LogP contribution is -2.18. The van der Waals surface area contributed by atoms with Crippen LogP contribution in [0.2, 0.25) is 0 Å². The standard InChI is InChI=1S/C51H35N3/c1-35-13-11-12-32-53(41-27-24-37(25-28-41)36-14-3-2-4-15-36)51-46-18-7-10-21-49(46)54(48-20-9-6-17-45(48)50(35)51)42-29-26-38-33-40(23-22-39(38)34-42)43-30-31-52-47-19-8-5-16-44(43)47/h2-34H,1H2/b13-11-,32-12-. The van der Waals surface area contributed by atoms with E-state index >= 15 is 0 Å². The average molecular weight is 690 g/mol. The van der Waals surface area contributed by atoms with Crippen LogP contribution in [0.3, 0.4) is 0 Å². The van der Waals surface area contributed by atoms with E-state index < -0.39 is 0 Å². The van der Waals surface area contributed by atoms with Gasteiger partial charge >= 0.3 is 0 Å². The van der Waals surface area contributed by atoms with E-state index in [-0.39, 0.29) is 0 Å². The summed E-state index contributed by atoms with van der Waals surface area (Å²) in [5, 5.41) is 3.52. The Morgan fingerprint density at radius 3 is 1.98 bits per heavy atom. The lowest BCUT2D eigenvalue weighted by Gasteiger charge is -2.30. The highest BCUT2D eigenvalue weighted by Gasteiger charge is 2.31. The van der Waals surface area contributed by atoms with Crippen molar-refractivity contribution in [3.63, 3.8) is 0 Å². The third-order valence-corrected chi connectivity index (χ3v) is 10.6. The molecule has 7 aromatic carbocycles. The number of rotatable bonds is 4. The summed E-state index contributed by atoms with van der Waals surface area (Å²) in [6.45, 7) is 4.66. The van der Waals surface area contributed by atoms with Gasteiger partial charge in [0.15, 0.2) is 0 Å². The summed E-state index contributed by atoms with van der Waals surface area (Å²) in [5.74, 6) is 0. The largest absolute Gasteiger partial charge is 0.316 e. The van der Waals surface area contributed by atoms with Crippen molar-refractivity contribution in [1.82, 2.24) is 4.98 Å². The SMILES string of the molecule is C=C1/C=C\C=C/N(c2ccc(-c3ccccc3)cc2)C2=C1c1ccccc1N(c1ccc3cc(-c4ccnc5ccccc45)ccc3c1)c1ccccc12. The fourth-order valence-corrected chi connectivity index (χ4v) is 8.01. The van der Waals surface area contributed by atoms with Crippen molar-refractivity contribution in [2.45, 2.75) is 0 Å². The van der Waals surface area contributed by atoms with Crippen LogP contribution in [-0.4, -0.2) is 4.98 Å². The van der Waals surface area contributed by atoms with Gasteiger partial charge in [0.2, 0.25) is 0 Å². The van der Waals surface area contributed by atoms with Crippen LogP contribution in [0.1, 0.15) is 11.1 Å². The Labute approximate surface area is 315 Å². The van der Waals surface area contributed by atoms with Crippen molar-refractivity contribution in [3.05, 3.63) is 224 Å². The molecule has 0 saturated carbocycles. The van der Waals surface area contributed by atoms with Gasteiger partial charge in [0.25, 0.3) is 0 Å². The van der Waals surface area contributed by atoms with Crippen LogP contribution < -0.4 is 9.80 Å². The number of benzene rings is 7. The first kappa shape index (κ1) is 31.5. The second-order valence-electron chi connectivity index (χ2n) is 13.7. The quantitative estimate of drug-likeness (QED) is 0.183. The Balaban J connectivity index is 1.13. The molecule has 0 N–H and O–H groups in total. The Bertz CT molecular complexity index is 2840. The summed E-state index contributed by atoms with van der Waals surface area (Å²) in [4.78, 5) is 9.33. The molecule has 0 aliphatic carbocycles. The number of para-hydroxylation sites is 3. The molecule has 3 heteroatoms. The van der Waals surface area contributed by atoms with Crippen molar-refractivity contribution in [2.24, 2.45) is 0 Å². The summed E-state index contributed by atoms with van der Waals surface area (Å²) in [6, 6.07) is 60.9. The van der Waals surface area contributed by atoms with Crippen LogP contribution in [0.4, 0.5) is 22.7 Å². The van der Waals surface area contributed by atoms with Gasteiger partial charge in [0.05, 0.1) is 22.6 Å². The highest BCUT2D eigenvalue weighted by molar-refractivity contribution is 6.12. The van der Waals surface area contributed by atoms with Crippen molar-refractivity contribution in [2.75, 3.05) is 9.80 Å². The summed E-state index contributed by atoms with van der Waals surface area (Å²) < 4.78 is 0. The van der Waals surface area contributed by atoms with E-state index in [0.717, 1.165) is 61.6 Å². The second-order valence-corrected chi connectivity index (χ2v) is 13.7. The topological polar surface area (TPSA) is 19.4 Å². The minimum atomic E-state index is 0.957. The maximum atomic E-state index is 4.66. The first-order chi connectivity index (χ1) is 26.7. The molecule has 3 nitrogen and oxygen atoms in total. The number of hydrogen-bond donors (Lipinski definition) is 0. The van der Waals surface area contributed by atoms with E-state index in [9.17, 15) is 0 Å². The number of pyridine rings is 1. The van der Waals surface area contributed by atoms with Crippen molar-refractivity contribution < 1.29 is 0 Å². The van der Waals surface area contributed by atoms with Gasteiger partial charge in [-0.2, -0.15) is 0 Å². The monoisotopic (exact) mass is 689 g/mol. The molecule has 2 aliphatic heterocycles. The van der Waals surface area contributed by atoms with Gasteiger partial charge in [0, 0.05) is 45.9 Å². The summed E-state index contributed by atoms with van der Waals surface area (Å²) in [5.41, 5.74) is 15.5. The van der Waals surface area contributed by atoms with Crippen LogP contribution >= 0.6 is 0 Å². The first-order valence-corrected chi connectivity index (χ1v) is 18.3. The molecule has 0 atom stereocenters. The molecular formula is C51H35N3. The maximum absolute atomic E-state index is 4.66. The third-order valence-electron chi connectivity index (χ3n) is 10.6. The van der Waals surface area contributed by atoms with E-state index in [0.29, 0.717) is 0 Å². The Morgan fingerprint density at radius 1 is 0.481 bits per heavy atom. The van der Waals surface area contributed by atoms with E-state index in [1.54, 1.807) is 0 Å². The molecule has 0 amide bonds. The number of anilines is 4. The number of hydrogen-bond acceptors (Lipinski definition) is 3. The van der Waals surface area contributed by atoms with Crippen molar-refractivity contribution in [1.29, 1.82) is 0 Å². The molecule has 2 aliphatic rings. The van der Waals surface area contributed by atoms with Crippen molar-refractivity contribution >= 4 is 55.7 Å². The molecule has 254 valence electrons. The van der Waals surface area contributed by atoms with Crippen LogP contribution in [0, 0.1) is 0 Å².